The molecule has 0 atom stereocenters. The molecule has 30 heavy (non-hydrogen) atoms. The first-order valence-electron chi connectivity index (χ1n) is 9.59. The van der Waals surface area contributed by atoms with Gasteiger partial charge in [0.05, 0.1) is 29.4 Å². The van der Waals surface area contributed by atoms with E-state index in [-0.39, 0.29) is 6.16 Å². The van der Waals surface area contributed by atoms with Crippen molar-refractivity contribution >= 4 is 36.5 Å². The Morgan fingerprint density at radius 3 is 2.37 bits per heavy atom. The Bertz CT molecular complexity index is 1010. The number of nitrogens with zero attached hydrogens (tertiary/aromatic N) is 1. The molecule has 6 nitrogen and oxygen atoms in total. The summed E-state index contributed by atoms with van der Waals surface area (Å²) in [6.45, 7) is 4.72. The fourth-order valence-corrected chi connectivity index (χ4v) is 5.05. The van der Waals surface area contributed by atoms with Gasteiger partial charge >= 0.3 is 7.60 Å². The summed E-state index contributed by atoms with van der Waals surface area (Å²) < 4.78 is 28.7. The quantitative estimate of drug-likeness (QED) is 0.323. The number of aromatic nitrogens is 1. The van der Waals surface area contributed by atoms with Crippen molar-refractivity contribution < 1.29 is 18.1 Å². The van der Waals surface area contributed by atoms with E-state index >= 15 is 0 Å². The smallest absolute Gasteiger partial charge is 0.332 e. The molecule has 0 radical (unpaired) electrons. The lowest BCUT2D eigenvalue weighted by Gasteiger charge is -2.17. The van der Waals surface area contributed by atoms with Crippen LogP contribution in [-0.2, 0) is 13.6 Å². The van der Waals surface area contributed by atoms with Crippen LogP contribution in [0.4, 0.5) is 5.69 Å². The van der Waals surface area contributed by atoms with Gasteiger partial charge in [0.15, 0.2) is 5.76 Å². The zero-order valence-electron chi connectivity index (χ0n) is 16.7. The molecule has 2 aromatic carbocycles. The van der Waals surface area contributed by atoms with E-state index in [1.165, 1.54) is 0 Å². The normalized spacial score (nSPS) is 11.6. The molecule has 1 aromatic heterocycles. The van der Waals surface area contributed by atoms with Crippen LogP contribution in [-0.4, -0.2) is 31.1 Å². The number of nitrogens with one attached hydrogen (secondary N) is 1. The largest absolute Gasteiger partial charge is 0.384 e. The number of benzene rings is 2. The summed E-state index contributed by atoms with van der Waals surface area (Å²) in [5.41, 5.74) is 2.88. The molecule has 1 heterocycles. The molecular formula is C21H23Cl2N2O4P. The van der Waals surface area contributed by atoms with Crippen LogP contribution in [0.3, 0.4) is 0 Å². The molecule has 0 spiro atoms. The van der Waals surface area contributed by atoms with Gasteiger partial charge in [-0.25, -0.2) is 0 Å². The Morgan fingerprint density at radius 2 is 1.70 bits per heavy atom. The summed E-state index contributed by atoms with van der Waals surface area (Å²) in [6, 6.07) is 14.7. The summed E-state index contributed by atoms with van der Waals surface area (Å²) in [4.78, 5) is 0. The van der Waals surface area contributed by atoms with Gasteiger partial charge in [0.2, 0.25) is 0 Å². The first-order chi connectivity index (χ1) is 14.5. The molecule has 0 aliphatic carbocycles. The van der Waals surface area contributed by atoms with E-state index in [1.54, 1.807) is 38.1 Å². The Balaban J connectivity index is 1.72. The lowest BCUT2D eigenvalue weighted by Crippen LogP contribution is -2.10. The molecule has 0 saturated heterocycles. The molecule has 0 bridgehead atoms. The second kappa shape index (κ2) is 10.5. The van der Waals surface area contributed by atoms with Crippen molar-refractivity contribution in [2.24, 2.45) is 0 Å². The Morgan fingerprint density at radius 1 is 1.03 bits per heavy atom. The predicted octanol–water partition coefficient (Wildman–Crippen LogP) is 6.99. The van der Waals surface area contributed by atoms with Crippen LogP contribution in [0.5, 0.6) is 0 Å². The van der Waals surface area contributed by atoms with E-state index in [0.29, 0.717) is 46.8 Å². The van der Waals surface area contributed by atoms with Crippen LogP contribution in [0.1, 0.15) is 13.8 Å². The number of anilines is 1. The highest BCUT2D eigenvalue weighted by atomic mass is 35.5. The minimum absolute atomic E-state index is 0.274. The van der Waals surface area contributed by atoms with Gasteiger partial charge in [0.25, 0.3) is 0 Å². The molecule has 3 aromatic rings. The minimum atomic E-state index is -3.08. The van der Waals surface area contributed by atoms with E-state index < -0.39 is 7.60 Å². The summed E-state index contributed by atoms with van der Waals surface area (Å²) in [5.74, 6) is 0.582. The maximum absolute atomic E-state index is 12.6. The van der Waals surface area contributed by atoms with Gasteiger partial charge in [-0.2, -0.15) is 0 Å². The molecule has 9 heteroatoms. The minimum Gasteiger partial charge on any atom is -0.384 e. The van der Waals surface area contributed by atoms with Gasteiger partial charge in [-0.3, -0.25) is 4.57 Å². The molecule has 0 unspecified atom stereocenters. The van der Waals surface area contributed by atoms with E-state index in [9.17, 15) is 4.57 Å². The lowest BCUT2D eigenvalue weighted by molar-refractivity contribution is 0.221. The highest BCUT2D eigenvalue weighted by molar-refractivity contribution is 7.53. The zero-order chi connectivity index (χ0) is 21.6. The van der Waals surface area contributed by atoms with Crippen LogP contribution in [0.25, 0.3) is 22.6 Å². The number of hydrogen-bond donors (Lipinski definition) is 1. The molecule has 160 valence electrons. The number of rotatable bonds is 10. The third kappa shape index (κ3) is 5.65. The Hall–Kier alpha value is -1.82. The number of halogens is 2. The van der Waals surface area contributed by atoms with Gasteiger partial charge in [-0.15, -0.1) is 0 Å². The van der Waals surface area contributed by atoms with E-state index in [1.807, 2.05) is 24.3 Å². The Kier molecular flexibility index (Phi) is 7.98. The van der Waals surface area contributed by atoms with Crippen LogP contribution >= 0.6 is 30.8 Å². The van der Waals surface area contributed by atoms with Crippen molar-refractivity contribution in [3.05, 3.63) is 58.6 Å². The van der Waals surface area contributed by atoms with Crippen LogP contribution in [0, 0.1) is 0 Å². The standard InChI is InChI=1S/C21H23Cl2N2O4P/c1-3-27-30(26,28-4-2)12-11-24-16-8-5-7-15(13-16)20-14-19(25-29-20)21-17(22)9-6-10-18(21)23/h5-10,13-14,24H,3-4,11-12H2,1-2H3. The van der Waals surface area contributed by atoms with Crippen molar-refractivity contribution in [1.82, 2.24) is 5.16 Å². The van der Waals surface area contributed by atoms with E-state index in [2.05, 4.69) is 10.5 Å². The SMILES string of the molecule is CCOP(=O)(CCNc1cccc(-c2cc(-c3c(Cl)cccc3Cl)no2)c1)OCC. The average molecular weight is 469 g/mol. The predicted molar refractivity (Wildman–Crippen MR) is 122 cm³/mol. The van der Waals surface area contributed by atoms with Gasteiger partial charge in [-0.05, 0) is 38.1 Å². The topological polar surface area (TPSA) is 73.6 Å². The second-order valence-electron chi connectivity index (χ2n) is 6.35. The van der Waals surface area contributed by atoms with E-state index in [4.69, 9.17) is 36.8 Å². The fraction of sp³-hybridized carbons (Fsp3) is 0.286. The molecule has 0 saturated carbocycles. The summed E-state index contributed by atoms with van der Waals surface area (Å²) >= 11 is 12.5. The second-order valence-corrected chi connectivity index (χ2v) is 9.35. The van der Waals surface area contributed by atoms with Crippen molar-refractivity contribution in [2.75, 3.05) is 31.2 Å². The highest BCUT2D eigenvalue weighted by Crippen LogP contribution is 2.47. The number of hydrogen-bond acceptors (Lipinski definition) is 6. The highest BCUT2D eigenvalue weighted by Gasteiger charge is 2.22. The third-order valence-electron chi connectivity index (χ3n) is 4.24. The first-order valence-corrected chi connectivity index (χ1v) is 12.1. The van der Waals surface area contributed by atoms with Gasteiger partial charge in [0, 0.05) is 29.4 Å². The summed E-state index contributed by atoms with van der Waals surface area (Å²) in [6.07, 6.45) is 0.274. The van der Waals surface area contributed by atoms with Gasteiger partial charge in [-0.1, -0.05) is 46.6 Å². The van der Waals surface area contributed by atoms with Crippen molar-refractivity contribution in [3.63, 3.8) is 0 Å². The lowest BCUT2D eigenvalue weighted by atomic mass is 10.1. The van der Waals surface area contributed by atoms with Crippen molar-refractivity contribution in [2.45, 2.75) is 13.8 Å². The van der Waals surface area contributed by atoms with Crippen LogP contribution in [0.2, 0.25) is 10.0 Å². The molecule has 0 amide bonds. The monoisotopic (exact) mass is 468 g/mol. The van der Waals surface area contributed by atoms with Crippen molar-refractivity contribution in [1.29, 1.82) is 0 Å². The maximum Gasteiger partial charge on any atom is 0.332 e. The molecule has 0 aliphatic heterocycles. The molecule has 0 fully saturated rings. The summed E-state index contributed by atoms with van der Waals surface area (Å²) in [5, 5.41) is 8.37. The maximum atomic E-state index is 12.6. The first kappa shape index (κ1) is 22.9. The molecule has 3 rings (SSSR count). The van der Waals surface area contributed by atoms with Crippen LogP contribution in [0.15, 0.2) is 53.1 Å². The van der Waals surface area contributed by atoms with Crippen LogP contribution < -0.4 is 5.32 Å². The Labute approximate surface area is 186 Å². The van der Waals surface area contributed by atoms with Crippen molar-refractivity contribution in [3.8, 4) is 22.6 Å². The van der Waals surface area contributed by atoms with Gasteiger partial charge in [0.1, 0.15) is 5.69 Å². The fourth-order valence-electron chi connectivity index (χ4n) is 2.95. The molecule has 0 aliphatic rings. The van der Waals surface area contributed by atoms with E-state index in [0.717, 1.165) is 11.3 Å². The van der Waals surface area contributed by atoms with Gasteiger partial charge < -0.3 is 18.9 Å². The molecular weight excluding hydrogens is 446 g/mol. The third-order valence-corrected chi connectivity index (χ3v) is 6.95. The molecule has 1 N–H and O–H groups in total. The summed E-state index contributed by atoms with van der Waals surface area (Å²) in [7, 11) is -3.08. The zero-order valence-corrected chi connectivity index (χ0v) is 19.1. The average Bonchev–Trinajstić information content (AvgIpc) is 3.18.